The molecule has 1 aliphatic heterocycles. The summed E-state index contributed by atoms with van der Waals surface area (Å²) in [5.74, 6) is -0.176. The average molecular weight is 296 g/mol. The molecule has 0 bridgehead atoms. The van der Waals surface area contributed by atoms with E-state index in [1.54, 1.807) is 6.92 Å². The number of morpholine rings is 1. The van der Waals surface area contributed by atoms with E-state index in [2.05, 4.69) is 5.32 Å². The van der Waals surface area contributed by atoms with Crippen LogP contribution in [0.4, 0.5) is 0 Å². The van der Waals surface area contributed by atoms with Crippen molar-refractivity contribution < 1.29 is 23.8 Å². The number of likely N-dealkylation sites (N-methyl/N-ethyl adjacent to an activating group) is 1. The number of ether oxygens (including phenoxy) is 1. The molecule has 2 N–H and O–H groups in total. The fraction of sp³-hybridized carbons (Fsp3) is 0.571. The Morgan fingerprint density at radius 2 is 2.29 bits per heavy atom. The molecule has 1 fully saturated rings. The molecule has 2 rings (SSSR count). The summed E-state index contributed by atoms with van der Waals surface area (Å²) in [4.78, 5) is 25.0. The summed E-state index contributed by atoms with van der Waals surface area (Å²) in [6.07, 6.45) is 0. The van der Waals surface area contributed by atoms with Crippen LogP contribution in [0.1, 0.15) is 28.8 Å². The van der Waals surface area contributed by atoms with Crippen molar-refractivity contribution in [2.75, 3.05) is 26.3 Å². The Balaban J connectivity index is 2.10. The first-order chi connectivity index (χ1) is 10.0. The molecule has 7 heteroatoms. The molecule has 7 nitrogen and oxygen atoms in total. The zero-order valence-electron chi connectivity index (χ0n) is 12.2. The molecule has 1 aromatic heterocycles. The van der Waals surface area contributed by atoms with Gasteiger partial charge in [-0.1, -0.05) is 0 Å². The highest BCUT2D eigenvalue weighted by atomic mass is 16.5. The molecule has 116 valence electrons. The molecule has 1 aliphatic rings. The Bertz CT molecular complexity index is 525. The number of nitrogens with zero attached hydrogens (tertiary/aromatic N) is 1. The molecule has 1 amide bonds. The number of carboxylic acids is 1. The first-order valence-corrected chi connectivity index (χ1v) is 6.95. The molecule has 0 aromatic carbocycles. The minimum Gasteiger partial charge on any atom is -0.478 e. The standard InChI is InChI=1S/C14H20N2O5/c1-3-15-13(17)12-8-20-5-4-16(12)7-10-6-11(14(18)19)9(2)21-10/h6,12H,3-5,7-8H2,1-2H3,(H,15,17)(H,18,19). The summed E-state index contributed by atoms with van der Waals surface area (Å²) in [6, 6.07) is 1.14. The molecule has 1 saturated heterocycles. The normalized spacial score (nSPS) is 19.4. The Labute approximate surface area is 122 Å². The molecular weight excluding hydrogens is 276 g/mol. The van der Waals surface area contributed by atoms with Crippen molar-refractivity contribution in [3.63, 3.8) is 0 Å². The topological polar surface area (TPSA) is 92.0 Å². The molecule has 0 aliphatic carbocycles. The number of aryl methyl sites for hydroxylation is 1. The lowest BCUT2D eigenvalue weighted by Gasteiger charge is -2.33. The molecular formula is C14H20N2O5. The van der Waals surface area contributed by atoms with Gasteiger partial charge in [0.05, 0.1) is 19.8 Å². The number of carbonyl (C=O) groups excluding carboxylic acids is 1. The van der Waals surface area contributed by atoms with Crippen LogP contribution in [0, 0.1) is 6.92 Å². The summed E-state index contributed by atoms with van der Waals surface area (Å²) in [6.45, 7) is 5.91. The highest BCUT2D eigenvalue weighted by molar-refractivity contribution is 5.88. The van der Waals surface area contributed by atoms with Crippen molar-refractivity contribution in [2.24, 2.45) is 0 Å². The van der Waals surface area contributed by atoms with E-state index in [4.69, 9.17) is 14.3 Å². The van der Waals surface area contributed by atoms with E-state index in [1.165, 1.54) is 6.07 Å². The Morgan fingerprint density at radius 1 is 1.52 bits per heavy atom. The molecule has 21 heavy (non-hydrogen) atoms. The van der Waals surface area contributed by atoms with Gasteiger partial charge in [0.2, 0.25) is 5.91 Å². The largest absolute Gasteiger partial charge is 0.478 e. The SMILES string of the molecule is CCNC(=O)C1COCCN1Cc1cc(C(=O)O)c(C)o1. The Morgan fingerprint density at radius 3 is 2.90 bits per heavy atom. The van der Waals surface area contributed by atoms with Crippen LogP contribution in [-0.2, 0) is 16.1 Å². The number of aromatic carboxylic acids is 1. The van der Waals surface area contributed by atoms with Crippen molar-refractivity contribution in [1.29, 1.82) is 0 Å². The fourth-order valence-corrected chi connectivity index (χ4v) is 2.39. The van der Waals surface area contributed by atoms with Crippen LogP contribution in [0.25, 0.3) is 0 Å². The fourth-order valence-electron chi connectivity index (χ4n) is 2.39. The Kier molecular flexibility index (Phi) is 4.98. The summed E-state index contributed by atoms with van der Waals surface area (Å²) in [5.41, 5.74) is 0.160. The van der Waals surface area contributed by atoms with Gasteiger partial charge in [-0.15, -0.1) is 0 Å². The number of rotatable bonds is 5. The van der Waals surface area contributed by atoms with Crippen molar-refractivity contribution >= 4 is 11.9 Å². The highest BCUT2D eigenvalue weighted by Crippen LogP contribution is 2.19. The monoisotopic (exact) mass is 296 g/mol. The third-order valence-electron chi connectivity index (χ3n) is 3.45. The van der Waals surface area contributed by atoms with E-state index >= 15 is 0 Å². The van der Waals surface area contributed by atoms with Crippen LogP contribution in [0.5, 0.6) is 0 Å². The number of carbonyl (C=O) groups is 2. The summed E-state index contributed by atoms with van der Waals surface area (Å²) in [7, 11) is 0. The third kappa shape index (κ3) is 3.62. The van der Waals surface area contributed by atoms with Gasteiger partial charge < -0.3 is 19.6 Å². The van der Waals surface area contributed by atoms with Gasteiger partial charge in [0.25, 0.3) is 0 Å². The zero-order valence-corrected chi connectivity index (χ0v) is 12.2. The maximum atomic E-state index is 12.0. The lowest BCUT2D eigenvalue weighted by molar-refractivity contribution is -0.133. The smallest absolute Gasteiger partial charge is 0.339 e. The van der Waals surface area contributed by atoms with Gasteiger partial charge in [-0.3, -0.25) is 9.69 Å². The first kappa shape index (κ1) is 15.5. The molecule has 1 aromatic rings. The van der Waals surface area contributed by atoms with Gasteiger partial charge in [0.15, 0.2) is 0 Å². The predicted octanol–water partition coefficient (Wildman–Crippen LogP) is 0.623. The molecule has 0 radical (unpaired) electrons. The molecule has 1 atom stereocenters. The third-order valence-corrected chi connectivity index (χ3v) is 3.45. The van der Waals surface area contributed by atoms with Gasteiger partial charge in [0.1, 0.15) is 23.1 Å². The van der Waals surface area contributed by atoms with E-state index < -0.39 is 5.97 Å². The van der Waals surface area contributed by atoms with Crippen LogP contribution in [0.15, 0.2) is 10.5 Å². The Hall–Kier alpha value is -1.86. The average Bonchev–Trinajstić information content (AvgIpc) is 2.80. The van der Waals surface area contributed by atoms with E-state index in [-0.39, 0.29) is 17.5 Å². The van der Waals surface area contributed by atoms with Crippen molar-refractivity contribution in [2.45, 2.75) is 26.4 Å². The van der Waals surface area contributed by atoms with Crippen LogP contribution in [0.3, 0.4) is 0 Å². The van der Waals surface area contributed by atoms with Gasteiger partial charge in [0, 0.05) is 13.1 Å². The molecule has 1 unspecified atom stereocenters. The molecule has 2 heterocycles. The second kappa shape index (κ2) is 6.73. The van der Waals surface area contributed by atoms with Crippen LogP contribution in [0.2, 0.25) is 0 Å². The van der Waals surface area contributed by atoms with Crippen molar-refractivity contribution in [3.8, 4) is 0 Å². The van der Waals surface area contributed by atoms with Crippen LogP contribution >= 0.6 is 0 Å². The zero-order chi connectivity index (χ0) is 15.4. The van der Waals surface area contributed by atoms with Gasteiger partial charge in [-0.25, -0.2) is 4.79 Å². The van der Waals surface area contributed by atoms with E-state index in [0.717, 1.165) is 0 Å². The number of carboxylic acid groups (broad SMARTS) is 1. The summed E-state index contributed by atoms with van der Waals surface area (Å²) < 4.78 is 10.8. The second-order valence-corrected chi connectivity index (χ2v) is 4.94. The van der Waals surface area contributed by atoms with Crippen molar-refractivity contribution in [1.82, 2.24) is 10.2 Å². The first-order valence-electron chi connectivity index (χ1n) is 6.95. The van der Waals surface area contributed by atoms with Crippen LogP contribution in [-0.4, -0.2) is 54.2 Å². The lowest BCUT2D eigenvalue weighted by atomic mass is 10.2. The predicted molar refractivity (Wildman–Crippen MR) is 74.1 cm³/mol. The van der Waals surface area contributed by atoms with E-state index in [1.807, 2.05) is 11.8 Å². The molecule has 0 spiro atoms. The second-order valence-electron chi connectivity index (χ2n) is 4.94. The van der Waals surface area contributed by atoms with Gasteiger partial charge >= 0.3 is 5.97 Å². The molecule has 0 saturated carbocycles. The summed E-state index contributed by atoms with van der Waals surface area (Å²) in [5, 5.41) is 11.8. The number of hydrogen-bond acceptors (Lipinski definition) is 5. The van der Waals surface area contributed by atoms with Gasteiger partial charge in [-0.05, 0) is 19.9 Å². The lowest BCUT2D eigenvalue weighted by Crippen LogP contribution is -2.53. The summed E-state index contributed by atoms with van der Waals surface area (Å²) >= 11 is 0. The highest BCUT2D eigenvalue weighted by Gasteiger charge is 2.30. The maximum Gasteiger partial charge on any atom is 0.339 e. The maximum absolute atomic E-state index is 12.0. The van der Waals surface area contributed by atoms with Crippen LogP contribution < -0.4 is 5.32 Å². The number of hydrogen-bond donors (Lipinski definition) is 2. The van der Waals surface area contributed by atoms with E-state index in [9.17, 15) is 9.59 Å². The quantitative estimate of drug-likeness (QED) is 0.827. The number of furan rings is 1. The number of amides is 1. The van der Waals surface area contributed by atoms with Crippen molar-refractivity contribution in [3.05, 3.63) is 23.2 Å². The minimum absolute atomic E-state index is 0.0843. The van der Waals surface area contributed by atoms with E-state index in [0.29, 0.717) is 44.4 Å². The number of nitrogens with one attached hydrogen (secondary N) is 1. The minimum atomic E-state index is -1.01. The van der Waals surface area contributed by atoms with Gasteiger partial charge in [-0.2, -0.15) is 0 Å².